The number of nitrogens with one attached hydrogen (secondary N) is 1. The van der Waals surface area contributed by atoms with Gasteiger partial charge in [-0.15, -0.1) is 6.42 Å². The Bertz CT molecular complexity index is 635. The van der Waals surface area contributed by atoms with Gasteiger partial charge in [0.15, 0.2) is 0 Å². The number of rotatable bonds is 4. The second-order valence-electron chi connectivity index (χ2n) is 5.24. The van der Waals surface area contributed by atoms with Gasteiger partial charge in [0.25, 0.3) is 0 Å². The highest BCUT2D eigenvalue weighted by molar-refractivity contribution is 6.30. The van der Waals surface area contributed by atoms with E-state index in [1.807, 2.05) is 30.3 Å². The average Bonchev–Trinajstić information content (AvgIpc) is 3.31. The van der Waals surface area contributed by atoms with Crippen LogP contribution in [0.1, 0.15) is 30.0 Å². The van der Waals surface area contributed by atoms with Crippen LogP contribution in [0.3, 0.4) is 0 Å². The summed E-state index contributed by atoms with van der Waals surface area (Å²) in [7, 11) is 0. The minimum absolute atomic E-state index is 0.334. The smallest absolute Gasteiger partial charge is 0.0542 e. The monoisotopic (exact) mass is 281 g/mol. The number of halogens is 1. The van der Waals surface area contributed by atoms with Crippen molar-refractivity contribution in [3.63, 3.8) is 0 Å². The molecule has 0 bridgehead atoms. The molecule has 0 amide bonds. The molecule has 1 fully saturated rings. The Labute approximate surface area is 125 Å². The molecule has 1 N–H and O–H groups in total. The quantitative estimate of drug-likeness (QED) is 0.787. The number of terminal acetylenes is 1. The van der Waals surface area contributed by atoms with Crippen LogP contribution in [0.4, 0.5) is 5.69 Å². The second kappa shape index (κ2) is 5.61. The van der Waals surface area contributed by atoms with Gasteiger partial charge in [-0.3, -0.25) is 0 Å². The van der Waals surface area contributed by atoms with Gasteiger partial charge in [-0.1, -0.05) is 35.7 Å². The largest absolute Gasteiger partial charge is 0.378 e. The van der Waals surface area contributed by atoms with E-state index in [1.165, 1.54) is 18.4 Å². The number of anilines is 1. The fraction of sp³-hybridized carbons (Fsp3) is 0.222. The van der Waals surface area contributed by atoms with Crippen molar-refractivity contribution in [2.75, 3.05) is 5.32 Å². The molecule has 1 atom stereocenters. The molecule has 1 unspecified atom stereocenters. The maximum absolute atomic E-state index is 5.97. The molecule has 1 nitrogen and oxygen atoms in total. The van der Waals surface area contributed by atoms with Crippen LogP contribution in [-0.4, -0.2) is 0 Å². The first-order valence-electron chi connectivity index (χ1n) is 6.85. The van der Waals surface area contributed by atoms with Crippen molar-refractivity contribution in [2.45, 2.75) is 18.9 Å². The Hall–Kier alpha value is -1.91. The highest BCUT2D eigenvalue weighted by atomic mass is 35.5. The van der Waals surface area contributed by atoms with Crippen molar-refractivity contribution in [2.24, 2.45) is 5.92 Å². The summed E-state index contributed by atoms with van der Waals surface area (Å²) in [5.41, 5.74) is 3.26. The van der Waals surface area contributed by atoms with Crippen LogP contribution in [-0.2, 0) is 0 Å². The van der Waals surface area contributed by atoms with Gasteiger partial charge >= 0.3 is 0 Å². The van der Waals surface area contributed by atoms with Crippen LogP contribution in [0, 0.1) is 18.3 Å². The number of hydrogen-bond acceptors (Lipinski definition) is 1. The second-order valence-corrected chi connectivity index (χ2v) is 5.67. The van der Waals surface area contributed by atoms with Gasteiger partial charge in [-0.25, -0.2) is 0 Å². The van der Waals surface area contributed by atoms with Gasteiger partial charge in [0.1, 0.15) is 0 Å². The van der Waals surface area contributed by atoms with Crippen LogP contribution in [0.5, 0.6) is 0 Å². The van der Waals surface area contributed by atoms with E-state index in [0.29, 0.717) is 12.0 Å². The molecule has 100 valence electrons. The summed E-state index contributed by atoms with van der Waals surface area (Å²) in [6.07, 6.45) is 8.00. The zero-order valence-corrected chi connectivity index (χ0v) is 11.9. The summed E-state index contributed by atoms with van der Waals surface area (Å²) in [6.45, 7) is 0. The molecule has 20 heavy (non-hydrogen) atoms. The highest BCUT2D eigenvalue weighted by Crippen LogP contribution is 2.43. The minimum atomic E-state index is 0.334. The lowest BCUT2D eigenvalue weighted by atomic mass is 10.0. The molecule has 0 heterocycles. The minimum Gasteiger partial charge on any atom is -0.378 e. The van der Waals surface area contributed by atoms with Gasteiger partial charge in [0.2, 0.25) is 0 Å². The first-order valence-corrected chi connectivity index (χ1v) is 7.23. The number of hydrogen-bond donors (Lipinski definition) is 1. The molecule has 0 spiro atoms. The molecule has 1 aliphatic carbocycles. The van der Waals surface area contributed by atoms with Gasteiger partial charge in [0.05, 0.1) is 6.04 Å². The fourth-order valence-corrected chi connectivity index (χ4v) is 2.58. The van der Waals surface area contributed by atoms with E-state index < -0.39 is 0 Å². The van der Waals surface area contributed by atoms with Crippen molar-refractivity contribution >= 4 is 17.3 Å². The maximum atomic E-state index is 5.97. The maximum Gasteiger partial charge on any atom is 0.0542 e. The molecule has 0 aliphatic heterocycles. The standard InChI is InChI=1S/C18H16ClN/c1-2-13-4-3-5-17(12-13)20-18(14-6-7-14)15-8-10-16(19)11-9-15/h1,3-5,8-12,14,18,20H,6-7H2. The molecule has 3 rings (SSSR count). The topological polar surface area (TPSA) is 12.0 Å². The van der Waals surface area contributed by atoms with Crippen LogP contribution < -0.4 is 5.32 Å². The van der Waals surface area contributed by atoms with Crippen molar-refractivity contribution < 1.29 is 0 Å². The van der Waals surface area contributed by atoms with E-state index in [2.05, 4.69) is 29.4 Å². The predicted octanol–water partition coefficient (Wildman–Crippen LogP) is 4.88. The lowest BCUT2D eigenvalue weighted by Gasteiger charge is -2.20. The lowest BCUT2D eigenvalue weighted by Crippen LogP contribution is -2.12. The SMILES string of the molecule is C#Cc1cccc(NC(c2ccc(Cl)cc2)C2CC2)c1. The van der Waals surface area contributed by atoms with E-state index in [4.69, 9.17) is 18.0 Å². The summed E-state index contributed by atoms with van der Waals surface area (Å²) in [5, 5.41) is 4.39. The predicted molar refractivity (Wildman–Crippen MR) is 84.9 cm³/mol. The third-order valence-corrected chi connectivity index (χ3v) is 3.93. The van der Waals surface area contributed by atoms with Gasteiger partial charge in [0, 0.05) is 16.3 Å². The summed E-state index contributed by atoms with van der Waals surface area (Å²) < 4.78 is 0. The summed E-state index contributed by atoms with van der Waals surface area (Å²) in [4.78, 5) is 0. The van der Waals surface area contributed by atoms with Crippen LogP contribution >= 0.6 is 11.6 Å². The van der Waals surface area contributed by atoms with E-state index in [-0.39, 0.29) is 0 Å². The zero-order valence-electron chi connectivity index (χ0n) is 11.1. The lowest BCUT2D eigenvalue weighted by molar-refractivity contribution is 0.679. The van der Waals surface area contributed by atoms with E-state index in [0.717, 1.165) is 16.3 Å². The first-order chi connectivity index (χ1) is 9.76. The molecular formula is C18H16ClN. The Morgan fingerprint density at radius 3 is 2.55 bits per heavy atom. The molecule has 2 aromatic rings. The number of benzene rings is 2. The van der Waals surface area contributed by atoms with Crippen molar-refractivity contribution in [1.82, 2.24) is 0 Å². The molecular weight excluding hydrogens is 266 g/mol. The van der Waals surface area contributed by atoms with Gasteiger partial charge < -0.3 is 5.32 Å². The first kappa shape index (κ1) is 13.1. The highest BCUT2D eigenvalue weighted by Gasteiger charge is 2.32. The Morgan fingerprint density at radius 1 is 1.15 bits per heavy atom. The normalized spacial score (nSPS) is 15.4. The molecule has 2 heteroatoms. The van der Waals surface area contributed by atoms with E-state index in [9.17, 15) is 0 Å². The molecule has 1 saturated carbocycles. The Morgan fingerprint density at radius 2 is 1.90 bits per heavy atom. The van der Waals surface area contributed by atoms with Gasteiger partial charge in [-0.05, 0) is 54.7 Å². The van der Waals surface area contributed by atoms with Crippen molar-refractivity contribution in [1.29, 1.82) is 0 Å². The summed E-state index contributed by atoms with van der Waals surface area (Å²) >= 11 is 5.97. The van der Waals surface area contributed by atoms with Crippen LogP contribution in [0.2, 0.25) is 5.02 Å². The molecule has 0 aromatic heterocycles. The molecule has 2 aromatic carbocycles. The molecule has 1 aliphatic rings. The third kappa shape index (κ3) is 2.98. The Kier molecular flexibility index (Phi) is 3.67. The average molecular weight is 282 g/mol. The summed E-state index contributed by atoms with van der Waals surface area (Å²) in [5.74, 6) is 3.37. The van der Waals surface area contributed by atoms with E-state index in [1.54, 1.807) is 0 Å². The zero-order chi connectivity index (χ0) is 13.9. The van der Waals surface area contributed by atoms with Crippen LogP contribution in [0.15, 0.2) is 48.5 Å². The fourth-order valence-electron chi connectivity index (χ4n) is 2.45. The summed E-state index contributed by atoms with van der Waals surface area (Å²) in [6, 6.07) is 16.4. The van der Waals surface area contributed by atoms with Crippen molar-refractivity contribution in [3.05, 3.63) is 64.7 Å². The molecule has 0 radical (unpaired) electrons. The molecule has 0 saturated heterocycles. The van der Waals surface area contributed by atoms with Gasteiger partial charge in [-0.2, -0.15) is 0 Å². The van der Waals surface area contributed by atoms with Crippen molar-refractivity contribution in [3.8, 4) is 12.3 Å². The Balaban J connectivity index is 1.84. The third-order valence-electron chi connectivity index (χ3n) is 3.67. The van der Waals surface area contributed by atoms with E-state index >= 15 is 0 Å². The van der Waals surface area contributed by atoms with Crippen LogP contribution in [0.25, 0.3) is 0 Å².